The lowest BCUT2D eigenvalue weighted by molar-refractivity contribution is -0.137. The van der Waals surface area contributed by atoms with E-state index in [-0.39, 0.29) is 34.9 Å². The van der Waals surface area contributed by atoms with Crippen molar-refractivity contribution in [3.05, 3.63) is 101 Å². The Bertz CT molecular complexity index is 1660. The van der Waals surface area contributed by atoms with E-state index in [0.717, 1.165) is 12.1 Å². The molecular weight excluding hydrogens is 505 g/mol. The minimum Gasteiger partial charge on any atom is -0.324 e. The van der Waals surface area contributed by atoms with E-state index < -0.39 is 28.5 Å². The van der Waals surface area contributed by atoms with Crippen LogP contribution in [0, 0.1) is 16.7 Å². The van der Waals surface area contributed by atoms with Crippen molar-refractivity contribution >= 4 is 28.9 Å². The van der Waals surface area contributed by atoms with Crippen molar-refractivity contribution in [2.24, 2.45) is 5.41 Å². The van der Waals surface area contributed by atoms with Crippen LogP contribution < -0.4 is 10.2 Å². The zero-order valence-electron chi connectivity index (χ0n) is 21.1. The molecule has 1 aromatic heterocycles. The lowest BCUT2D eigenvalue weighted by Gasteiger charge is -2.47. The number of hydrogen-bond donors (Lipinski definition) is 1. The van der Waals surface area contributed by atoms with Crippen LogP contribution in [-0.4, -0.2) is 16.3 Å². The number of ketones is 1. The van der Waals surface area contributed by atoms with Crippen molar-refractivity contribution < 1.29 is 22.8 Å². The van der Waals surface area contributed by atoms with Crippen molar-refractivity contribution in [2.45, 2.75) is 38.3 Å². The second-order valence-electron chi connectivity index (χ2n) is 10.8. The third-order valence-electron chi connectivity index (χ3n) is 7.62. The quantitative estimate of drug-likeness (QED) is 0.426. The molecule has 1 atom stereocenters. The number of rotatable bonds is 2. The number of hydrogen-bond acceptors (Lipinski definition) is 4. The Morgan fingerprint density at radius 1 is 0.974 bits per heavy atom. The van der Waals surface area contributed by atoms with E-state index in [1.165, 1.54) is 12.1 Å². The summed E-state index contributed by atoms with van der Waals surface area (Å²) in [5.74, 6) is -0.642. The molecule has 0 saturated carbocycles. The summed E-state index contributed by atoms with van der Waals surface area (Å²) in [6.07, 6.45) is -0.851. The number of nitrogens with zero attached hydrogens (tertiary/aromatic N) is 3. The Balaban J connectivity index is 1.78. The maximum atomic E-state index is 14.0. The summed E-state index contributed by atoms with van der Waals surface area (Å²) in [4.78, 5) is 29.6. The Labute approximate surface area is 222 Å². The van der Waals surface area contributed by atoms with Crippen LogP contribution in [0.4, 0.5) is 24.5 Å². The molecule has 0 fully saturated rings. The number of alkyl halides is 3. The molecule has 39 heavy (non-hydrogen) atoms. The van der Waals surface area contributed by atoms with Gasteiger partial charge in [0.15, 0.2) is 5.78 Å². The molecule has 1 N–H and O–H groups in total. The first-order chi connectivity index (χ1) is 18.5. The van der Waals surface area contributed by atoms with E-state index in [1.54, 1.807) is 58.3 Å². The molecule has 2 aromatic carbocycles. The predicted octanol–water partition coefficient (Wildman–Crippen LogP) is 6.25. The lowest BCUT2D eigenvalue weighted by Crippen LogP contribution is -2.51. The molecule has 0 unspecified atom stereocenters. The monoisotopic (exact) mass is 528 g/mol. The minimum absolute atomic E-state index is 0.0367. The summed E-state index contributed by atoms with van der Waals surface area (Å²) < 4.78 is 43.1. The third-order valence-corrected chi connectivity index (χ3v) is 7.62. The summed E-state index contributed by atoms with van der Waals surface area (Å²) in [5, 5.41) is 13.6. The maximum Gasteiger partial charge on any atom is 0.416 e. The highest BCUT2D eigenvalue weighted by atomic mass is 19.4. The van der Waals surface area contributed by atoms with Crippen LogP contribution in [-0.2, 0) is 21.2 Å². The van der Waals surface area contributed by atoms with Crippen LogP contribution in [0.15, 0.2) is 89.9 Å². The van der Waals surface area contributed by atoms with Gasteiger partial charge in [0.1, 0.15) is 17.3 Å². The van der Waals surface area contributed by atoms with E-state index in [4.69, 9.17) is 0 Å². The van der Waals surface area contributed by atoms with Gasteiger partial charge in [0.05, 0.1) is 11.1 Å². The van der Waals surface area contributed by atoms with Crippen molar-refractivity contribution in [2.75, 3.05) is 10.2 Å². The number of fused-ring (bicyclic) bond motifs is 3. The first kappa shape index (κ1) is 24.7. The number of amides is 1. The second kappa shape index (κ2) is 8.21. The van der Waals surface area contributed by atoms with Gasteiger partial charge in [-0.2, -0.15) is 18.4 Å². The van der Waals surface area contributed by atoms with Crippen LogP contribution in [0.25, 0.3) is 5.82 Å². The normalized spacial score (nSPS) is 22.1. The van der Waals surface area contributed by atoms with E-state index >= 15 is 0 Å². The number of nitriles is 1. The number of Topliss-reactive ketones (excluding diaryl/α,β-unsaturated/α-hetero) is 1. The molecule has 1 aliphatic carbocycles. The van der Waals surface area contributed by atoms with Gasteiger partial charge in [0.2, 0.25) is 5.91 Å². The Morgan fingerprint density at radius 3 is 2.38 bits per heavy atom. The molecule has 2 aliphatic heterocycles. The van der Waals surface area contributed by atoms with Crippen LogP contribution in [0.3, 0.4) is 0 Å². The van der Waals surface area contributed by atoms with Crippen LogP contribution in [0.1, 0.15) is 37.8 Å². The number of allylic oxidation sites excluding steroid dienone is 1. The number of carbonyl (C=O) groups excluding carboxylic acids is 2. The van der Waals surface area contributed by atoms with E-state index in [0.29, 0.717) is 23.4 Å². The molecule has 1 spiro atoms. The Morgan fingerprint density at radius 2 is 1.69 bits per heavy atom. The molecule has 196 valence electrons. The molecular formula is C30H23F3N4O2. The highest BCUT2D eigenvalue weighted by Gasteiger charge is 2.61. The van der Waals surface area contributed by atoms with Gasteiger partial charge in [-0.05, 0) is 48.2 Å². The molecule has 9 heteroatoms. The van der Waals surface area contributed by atoms with Crippen LogP contribution in [0.5, 0.6) is 0 Å². The first-order valence-electron chi connectivity index (χ1n) is 12.4. The fourth-order valence-corrected chi connectivity index (χ4v) is 6.14. The van der Waals surface area contributed by atoms with Crippen molar-refractivity contribution in [1.82, 2.24) is 4.57 Å². The summed E-state index contributed by atoms with van der Waals surface area (Å²) in [7, 11) is 0. The van der Waals surface area contributed by atoms with Gasteiger partial charge in [-0.1, -0.05) is 38.1 Å². The average molecular weight is 529 g/mol. The highest BCUT2D eigenvalue weighted by Crippen LogP contribution is 2.58. The predicted molar refractivity (Wildman–Crippen MR) is 139 cm³/mol. The highest BCUT2D eigenvalue weighted by molar-refractivity contribution is 6.21. The summed E-state index contributed by atoms with van der Waals surface area (Å²) in [5.41, 5.74) is -1.55. The largest absolute Gasteiger partial charge is 0.416 e. The zero-order chi connectivity index (χ0) is 27.7. The van der Waals surface area contributed by atoms with Crippen molar-refractivity contribution in [1.29, 1.82) is 5.26 Å². The summed E-state index contributed by atoms with van der Waals surface area (Å²) in [6.45, 7) is 3.82. The van der Waals surface area contributed by atoms with E-state index in [2.05, 4.69) is 11.4 Å². The molecule has 1 amide bonds. The number of carbonyl (C=O) groups is 2. The van der Waals surface area contributed by atoms with Crippen LogP contribution >= 0.6 is 0 Å². The standard InChI is InChI=1S/C30H23F3N4O2/c1-28(2)15-23-25(24(38)16-28)29(20-10-3-4-11-22(20)35-27(29)39)21(17-34)26(36-12-5-6-13-36)37(23)19-9-7-8-18(14-19)30(31,32)33/h3-14H,15-16H2,1-2H3,(H,35,39)/t29-/m1/s1. The number of aromatic nitrogens is 1. The van der Waals surface area contributed by atoms with Gasteiger partial charge in [-0.3, -0.25) is 14.5 Å². The van der Waals surface area contributed by atoms with E-state index in [1.807, 2.05) is 13.8 Å². The Hall–Kier alpha value is -4.58. The number of anilines is 2. The summed E-state index contributed by atoms with van der Waals surface area (Å²) in [6, 6.07) is 17.4. The SMILES string of the molecule is CC1(C)CC(=O)C2=C(C1)N(c1cccc(C(F)(F)F)c1)C(n1cccc1)=C(C#N)[C@@]21C(=O)Nc2ccccc21. The molecule has 6 rings (SSSR count). The minimum atomic E-state index is -4.61. The smallest absolute Gasteiger partial charge is 0.324 e. The molecule has 3 aliphatic rings. The van der Waals surface area contributed by atoms with Gasteiger partial charge >= 0.3 is 6.18 Å². The van der Waals surface area contributed by atoms with E-state index in [9.17, 15) is 28.0 Å². The number of para-hydroxylation sites is 1. The maximum absolute atomic E-state index is 14.0. The number of halogens is 3. The molecule has 3 heterocycles. The number of benzene rings is 2. The van der Waals surface area contributed by atoms with Gasteiger partial charge in [0, 0.05) is 47.0 Å². The Kier molecular flexibility index (Phi) is 5.21. The fraction of sp³-hybridized carbons (Fsp3) is 0.233. The topological polar surface area (TPSA) is 78.1 Å². The van der Waals surface area contributed by atoms with Crippen LogP contribution in [0.2, 0.25) is 0 Å². The van der Waals surface area contributed by atoms with Crippen molar-refractivity contribution in [3.8, 4) is 6.07 Å². The fourth-order valence-electron chi connectivity index (χ4n) is 6.14. The number of nitrogens with one attached hydrogen (secondary N) is 1. The molecule has 0 radical (unpaired) electrons. The molecule has 3 aromatic rings. The van der Waals surface area contributed by atoms with Gasteiger partial charge in [-0.15, -0.1) is 0 Å². The van der Waals surface area contributed by atoms with Gasteiger partial charge < -0.3 is 9.88 Å². The second-order valence-corrected chi connectivity index (χ2v) is 10.8. The lowest BCUT2D eigenvalue weighted by atomic mass is 9.60. The van der Waals surface area contributed by atoms with Crippen molar-refractivity contribution in [3.63, 3.8) is 0 Å². The third kappa shape index (κ3) is 3.48. The molecule has 6 nitrogen and oxygen atoms in total. The first-order valence-corrected chi connectivity index (χ1v) is 12.4. The summed E-state index contributed by atoms with van der Waals surface area (Å²) >= 11 is 0. The van der Waals surface area contributed by atoms with Gasteiger partial charge in [-0.25, -0.2) is 0 Å². The molecule has 0 bridgehead atoms. The molecule has 0 saturated heterocycles. The average Bonchev–Trinajstić information content (AvgIpc) is 3.50. The zero-order valence-corrected chi connectivity index (χ0v) is 21.1. The van der Waals surface area contributed by atoms with Gasteiger partial charge in [0.25, 0.3) is 0 Å².